The molecule has 6 nitrogen and oxygen atoms in total. The molecule has 0 aliphatic heterocycles. The van der Waals surface area contributed by atoms with Gasteiger partial charge in [0.15, 0.2) is 0 Å². The molecule has 216 valence electrons. The van der Waals surface area contributed by atoms with E-state index in [1.165, 1.54) is 5.56 Å². The quantitative estimate of drug-likeness (QED) is 0.283. The first kappa shape index (κ1) is 31.0. The van der Waals surface area contributed by atoms with Gasteiger partial charge in [-0.05, 0) is 79.6 Å². The summed E-state index contributed by atoms with van der Waals surface area (Å²) in [5.74, 6) is 0.870. The summed E-state index contributed by atoms with van der Waals surface area (Å²) in [7, 11) is 1.67. The van der Waals surface area contributed by atoms with Crippen molar-refractivity contribution in [3.63, 3.8) is 0 Å². The molecule has 2 aromatic carbocycles. The number of methoxy groups -OCH3 is 1. The molecule has 2 amide bonds. The first-order valence-corrected chi connectivity index (χ1v) is 14.2. The van der Waals surface area contributed by atoms with Gasteiger partial charge < -0.3 is 19.1 Å². The van der Waals surface area contributed by atoms with Gasteiger partial charge in [0.25, 0.3) is 5.91 Å². The Morgan fingerprint density at radius 2 is 1.60 bits per heavy atom. The maximum atomic E-state index is 13.9. The number of hydrogen-bond donors (Lipinski definition) is 0. The number of aromatic nitrogens is 1. The zero-order valence-corrected chi connectivity index (χ0v) is 25.8. The van der Waals surface area contributed by atoms with Crippen molar-refractivity contribution >= 4 is 11.8 Å². The van der Waals surface area contributed by atoms with E-state index in [0.29, 0.717) is 25.2 Å². The van der Waals surface area contributed by atoms with E-state index in [9.17, 15) is 9.59 Å². The van der Waals surface area contributed by atoms with Crippen LogP contribution in [0.1, 0.15) is 82.6 Å². The smallest absolute Gasteiger partial charge is 0.254 e. The second-order valence-corrected chi connectivity index (χ2v) is 13.0. The van der Waals surface area contributed by atoms with Crippen LogP contribution in [0.4, 0.5) is 0 Å². The molecule has 3 rings (SSSR count). The SMILES string of the molecule is COc1cccc(Cn2cccc2CN(C(=O)CN(CC(C)C)C(=O)c2ccc(C(C)(C)C)cc2)C(C)(C)C)c1. The van der Waals surface area contributed by atoms with Gasteiger partial charge in [-0.25, -0.2) is 0 Å². The highest BCUT2D eigenvalue weighted by Gasteiger charge is 2.30. The summed E-state index contributed by atoms with van der Waals surface area (Å²) >= 11 is 0. The molecule has 0 aliphatic rings. The normalized spacial score (nSPS) is 11.9. The van der Waals surface area contributed by atoms with Gasteiger partial charge in [0, 0.05) is 36.1 Å². The van der Waals surface area contributed by atoms with E-state index >= 15 is 0 Å². The summed E-state index contributed by atoms with van der Waals surface area (Å²) in [6.07, 6.45) is 2.04. The largest absolute Gasteiger partial charge is 0.497 e. The van der Waals surface area contributed by atoms with Gasteiger partial charge in [0.1, 0.15) is 12.3 Å². The molecule has 0 bridgehead atoms. The zero-order valence-electron chi connectivity index (χ0n) is 25.8. The Balaban J connectivity index is 1.82. The van der Waals surface area contributed by atoms with E-state index in [1.54, 1.807) is 12.0 Å². The van der Waals surface area contributed by atoms with Crippen molar-refractivity contribution in [2.45, 2.75) is 79.4 Å². The van der Waals surface area contributed by atoms with Crippen LogP contribution in [-0.4, -0.2) is 51.9 Å². The van der Waals surface area contributed by atoms with Crippen LogP contribution in [0.5, 0.6) is 5.75 Å². The fourth-order valence-electron chi connectivity index (χ4n) is 4.78. The van der Waals surface area contributed by atoms with Crippen LogP contribution in [0.15, 0.2) is 66.9 Å². The van der Waals surface area contributed by atoms with Crippen molar-refractivity contribution in [3.05, 3.63) is 89.2 Å². The zero-order chi connectivity index (χ0) is 29.7. The Labute approximate surface area is 240 Å². The molecule has 1 heterocycles. The lowest BCUT2D eigenvalue weighted by Crippen LogP contribution is -2.50. The summed E-state index contributed by atoms with van der Waals surface area (Å²) in [6.45, 7) is 18.4. The highest BCUT2D eigenvalue weighted by molar-refractivity contribution is 5.96. The summed E-state index contributed by atoms with van der Waals surface area (Å²) < 4.78 is 7.55. The van der Waals surface area contributed by atoms with Gasteiger partial charge in [-0.2, -0.15) is 0 Å². The van der Waals surface area contributed by atoms with Gasteiger partial charge in [-0.15, -0.1) is 0 Å². The Hall–Kier alpha value is -3.54. The lowest BCUT2D eigenvalue weighted by molar-refractivity contribution is -0.137. The molecule has 0 aliphatic carbocycles. The maximum absolute atomic E-state index is 13.9. The molecule has 1 aromatic heterocycles. The summed E-state index contributed by atoms with van der Waals surface area (Å²) in [4.78, 5) is 31.1. The molecule has 0 atom stereocenters. The Morgan fingerprint density at radius 3 is 2.17 bits per heavy atom. The minimum absolute atomic E-state index is 0.00656. The molecular formula is C34H47N3O3. The topological polar surface area (TPSA) is 54.8 Å². The number of carbonyl (C=O) groups is 2. The molecule has 3 aromatic rings. The second-order valence-electron chi connectivity index (χ2n) is 13.0. The molecule has 40 heavy (non-hydrogen) atoms. The Kier molecular flexibility index (Phi) is 9.88. The minimum atomic E-state index is -0.428. The highest BCUT2D eigenvalue weighted by Crippen LogP contribution is 2.24. The average molecular weight is 546 g/mol. The van der Waals surface area contributed by atoms with E-state index in [2.05, 4.69) is 51.3 Å². The molecule has 0 fully saturated rings. The predicted octanol–water partition coefficient (Wildman–Crippen LogP) is 6.77. The standard InChI is InChI=1S/C34H47N3O3/c1-25(2)21-36(32(39)27-15-17-28(18-16-27)33(3,4)5)24-31(38)37(34(6,7)8)23-29-13-11-19-35(29)22-26-12-10-14-30(20-26)40-9/h10-20,25H,21-24H2,1-9H3. The van der Waals surface area contributed by atoms with Gasteiger partial charge >= 0.3 is 0 Å². The van der Waals surface area contributed by atoms with Crippen molar-refractivity contribution in [2.75, 3.05) is 20.2 Å². The fraction of sp³-hybridized carbons (Fsp3) is 0.471. The van der Waals surface area contributed by atoms with Gasteiger partial charge in [0.05, 0.1) is 13.7 Å². The first-order valence-electron chi connectivity index (χ1n) is 14.2. The van der Waals surface area contributed by atoms with E-state index in [4.69, 9.17) is 4.74 Å². The third-order valence-corrected chi connectivity index (χ3v) is 7.04. The van der Waals surface area contributed by atoms with Crippen molar-refractivity contribution < 1.29 is 14.3 Å². The van der Waals surface area contributed by atoms with E-state index in [1.807, 2.05) is 80.4 Å². The fourth-order valence-corrected chi connectivity index (χ4v) is 4.78. The summed E-state index contributed by atoms with van der Waals surface area (Å²) in [5.41, 5.74) is 3.51. The maximum Gasteiger partial charge on any atom is 0.254 e. The Bertz CT molecular complexity index is 1280. The van der Waals surface area contributed by atoms with Crippen LogP contribution in [0.25, 0.3) is 0 Å². The van der Waals surface area contributed by atoms with Crippen LogP contribution in [0.2, 0.25) is 0 Å². The number of hydrogen-bond acceptors (Lipinski definition) is 3. The molecule has 0 saturated heterocycles. The van der Waals surface area contributed by atoms with Crippen LogP contribution in [0, 0.1) is 5.92 Å². The second kappa shape index (κ2) is 12.8. The monoisotopic (exact) mass is 545 g/mol. The third kappa shape index (κ3) is 8.23. The summed E-state index contributed by atoms with van der Waals surface area (Å²) in [5, 5.41) is 0. The van der Waals surface area contributed by atoms with Crippen LogP contribution in [0.3, 0.4) is 0 Å². The number of amides is 2. The van der Waals surface area contributed by atoms with Crippen LogP contribution >= 0.6 is 0 Å². The average Bonchev–Trinajstić information content (AvgIpc) is 3.31. The van der Waals surface area contributed by atoms with E-state index in [0.717, 1.165) is 17.0 Å². The van der Waals surface area contributed by atoms with E-state index < -0.39 is 5.54 Å². The van der Waals surface area contributed by atoms with Gasteiger partial charge in [-0.1, -0.05) is 58.9 Å². The molecule has 0 N–H and O–H groups in total. The molecule has 0 saturated carbocycles. The van der Waals surface area contributed by atoms with Crippen LogP contribution < -0.4 is 4.74 Å². The molecule has 6 heteroatoms. The number of carbonyl (C=O) groups excluding carboxylic acids is 2. The minimum Gasteiger partial charge on any atom is -0.497 e. The lowest BCUT2D eigenvalue weighted by atomic mass is 9.86. The predicted molar refractivity (Wildman–Crippen MR) is 163 cm³/mol. The lowest BCUT2D eigenvalue weighted by Gasteiger charge is -2.38. The number of nitrogens with zero attached hydrogens (tertiary/aromatic N) is 3. The Morgan fingerprint density at radius 1 is 0.925 bits per heavy atom. The van der Waals surface area contributed by atoms with Crippen molar-refractivity contribution in [3.8, 4) is 5.75 Å². The molecular weight excluding hydrogens is 498 g/mol. The van der Waals surface area contributed by atoms with Gasteiger partial charge in [-0.3, -0.25) is 9.59 Å². The molecule has 0 radical (unpaired) electrons. The van der Waals surface area contributed by atoms with Gasteiger partial charge in [0.2, 0.25) is 5.91 Å². The number of benzene rings is 2. The summed E-state index contributed by atoms with van der Waals surface area (Å²) in [6, 6.07) is 19.9. The molecule has 0 unspecified atom stereocenters. The van der Waals surface area contributed by atoms with E-state index in [-0.39, 0.29) is 29.7 Å². The highest BCUT2D eigenvalue weighted by atomic mass is 16.5. The molecule has 0 spiro atoms. The number of rotatable bonds is 10. The van der Waals surface area contributed by atoms with Crippen molar-refractivity contribution in [1.82, 2.24) is 14.4 Å². The van der Waals surface area contributed by atoms with Crippen LogP contribution in [-0.2, 0) is 23.3 Å². The first-order chi connectivity index (χ1) is 18.7. The van der Waals surface area contributed by atoms with Crippen molar-refractivity contribution in [2.24, 2.45) is 5.92 Å². The van der Waals surface area contributed by atoms with Crippen molar-refractivity contribution in [1.29, 1.82) is 0 Å². The third-order valence-electron chi connectivity index (χ3n) is 7.04. The number of ether oxygens (including phenoxy) is 1.